The first-order chi connectivity index (χ1) is 15.3. The molecule has 0 aromatic carbocycles. The van der Waals surface area contributed by atoms with Crippen LogP contribution in [0.4, 0.5) is 0 Å². The molecule has 0 bridgehead atoms. The Morgan fingerprint density at radius 2 is 0.818 bits per heavy atom. The molecular weight excluding hydrogens is 450 g/mol. The molecule has 0 radical (unpaired) electrons. The van der Waals surface area contributed by atoms with Gasteiger partial charge in [-0.05, 0) is 0 Å². The van der Waals surface area contributed by atoms with Crippen molar-refractivity contribution in [2.24, 2.45) is 35.3 Å². The van der Waals surface area contributed by atoms with Crippen molar-refractivity contribution in [1.29, 1.82) is 0 Å². The molecule has 0 heterocycles. The van der Waals surface area contributed by atoms with Gasteiger partial charge in [0.25, 0.3) is 0 Å². The van der Waals surface area contributed by atoms with Gasteiger partial charge in [0.1, 0.15) is 0 Å². The Morgan fingerprint density at radius 1 is 0.636 bits per heavy atom. The number of nitrogens with zero attached hydrogens (tertiary/aromatic N) is 3. The van der Waals surface area contributed by atoms with Crippen LogP contribution >= 0.6 is 0 Å². The van der Waals surface area contributed by atoms with Crippen LogP contribution in [0.15, 0.2) is 0 Å². The Morgan fingerprint density at radius 3 is 0.939 bits per heavy atom. The van der Waals surface area contributed by atoms with Crippen molar-refractivity contribution in [2.45, 2.75) is 20.8 Å². The van der Waals surface area contributed by atoms with Crippen LogP contribution in [-0.2, 0) is 28.8 Å². The largest absolute Gasteiger partial charge is 0.294 e. The molecule has 0 saturated carbocycles. The third-order valence-electron chi connectivity index (χ3n) is 3.52. The van der Waals surface area contributed by atoms with Gasteiger partial charge in [-0.25, -0.2) is 32.7 Å². The normalized spacial score (nSPS) is 11.9. The van der Waals surface area contributed by atoms with Crippen molar-refractivity contribution in [2.75, 3.05) is 19.6 Å². The van der Waals surface area contributed by atoms with Gasteiger partial charge in [-0.1, -0.05) is 20.8 Å². The maximum Gasteiger partial charge on any atom is 0.238 e. The SMILES string of the molecule is CC(CN(O)C=O)C(=O)NN.C[C@@H](CN(O)C=O)C(=O)NN.C[C@H](CN(O)C=O)C(=O)NN. The van der Waals surface area contributed by atoms with Gasteiger partial charge in [0.15, 0.2) is 0 Å². The number of carbonyl (C=O) groups excluding carboxylic acids is 6. The molecule has 0 aromatic heterocycles. The average Bonchev–Trinajstić information content (AvgIpc) is 2.82. The lowest BCUT2D eigenvalue weighted by molar-refractivity contribution is -0.154. The zero-order valence-corrected chi connectivity index (χ0v) is 18.5. The van der Waals surface area contributed by atoms with E-state index in [4.69, 9.17) is 33.1 Å². The van der Waals surface area contributed by atoms with E-state index in [-0.39, 0.29) is 38.9 Å². The van der Waals surface area contributed by atoms with Crippen LogP contribution in [0.5, 0.6) is 0 Å². The summed E-state index contributed by atoms with van der Waals surface area (Å²) >= 11 is 0. The number of nitrogens with two attached hydrogens (primary N) is 3. The van der Waals surface area contributed by atoms with Gasteiger partial charge < -0.3 is 0 Å². The number of rotatable bonds is 12. The van der Waals surface area contributed by atoms with Crippen molar-refractivity contribution < 1.29 is 44.4 Å². The van der Waals surface area contributed by atoms with Gasteiger partial charge in [0.05, 0.1) is 37.4 Å². The number of amides is 6. The number of nitrogens with one attached hydrogen (secondary N) is 3. The molecule has 18 heteroatoms. The minimum absolute atomic E-state index is 0.0630. The number of carbonyl (C=O) groups is 6. The van der Waals surface area contributed by atoms with E-state index in [9.17, 15) is 28.8 Å². The Hall–Kier alpha value is -3.42. The molecule has 0 rings (SSSR count). The number of hydrogen-bond donors (Lipinski definition) is 9. The molecule has 0 aliphatic rings. The first-order valence-electron chi connectivity index (χ1n) is 9.08. The second-order valence-electron chi connectivity index (χ2n) is 6.41. The van der Waals surface area contributed by atoms with Gasteiger partial charge in [-0.3, -0.25) is 60.7 Å². The number of hydroxylamine groups is 6. The molecule has 18 nitrogen and oxygen atoms in total. The van der Waals surface area contributed by atoms with Crippen LogP contribution in [0.25, 0.3) is 0 Å². The summed E-state index contributed by atoms with van der Waals surface area (Å²) in [6.07, 6.45) is 0.668. The Labute approximate surface area is 189 Å². The molecule has 0 spiro atoms. The second-order valence-corrected chi connectivity index (χ2v) is 6.41. The molecule has 0 aromatic rings. The van der Waals surface area contributed by atoms with Gasteiger partial charge >= 0.3 is 0 Å². The summed E-state index contributed by atoms with van der Waals surface area (Å²) in [6, 6.07) is 0. The van der Waals surface area contributed by atoms with Crippen LogP contribution in [0.2, 0.25) is 0 Å². The summed E-state index contributed by atoms with van der Waals surface area (Å²) < 4.78 is 0. The lowest BCUT2D eigenvalue weighted by Crippen LogP contribution is -2.39. The topological polar surface area (TPSA) is 287 Å². The van der Waals surface area contributed by atoms with Crippen LogP contribution in [-0.4, -0.2) is 87.4 Å². The first kappa shape index (κ1) is 34.2. The van der Waals surface area contributed by atoms with E-state index < -0.39 is 35.5 Å². The molecule has 0 fully saturated rings. The summed E-state index contributed by atoms with van der Waals surface area (Å²) in [4.78, 5) is 61.6. The standard InChI is InChI=1S/3C5H11N3O3/c3*1-4(5(10)7-6)2-8(11)3-9/h3*3-4,11H,2,6H2,1H3,(H,7,10)/t2*4-;/m10./s1. The molecule has 6 amide bonds. The zero-order chi connectivity index (χ0) is 26.6. The number of hydrazine groups is 3. The van der Waals surface area contributed by atoms with E-state index in [1.54, 1.807) is 0 Å². The lowest BCUT2D eigenvalue weighted by atomic mass is 10.2. The molecule has 0 aliphatic carbocycles. The van der Waals surface area contributed by atoms with Gasteiger partial charge in [-0.2, -0.15) is 0 Å². The highest BCUT2D eigenvalue weighted by Gasteiger charge is 2.15. The summed E-state index contributed by atoms with van der Waals surface area (Å²) in [6.45, 7) is 4.42. The van der Waals surface area contributed by atoms with Crippen LogP contribution in [0, 0.1) is 17.8 Å². The predicted octanol–water partition coefficient (Wildman–Crippen LogP) is -4.62. The molecule has 0 aliphatic heterocycles. The lowest BCUT2D eigenvalue weighted by Gasteiger charge is -2.13. The van der Waals surface area contributed by atoms with E-state index in [2.05, 4.69) is 0 Å². The fraction of sp³-hybridized carbons (Fsp3) is 0.600. The van der Waals surface area contributed by atoms with Crippen molar-refractivity contribution in [3.63, 3.8) is 0 Å². The van der Waals surface area contributed by atoms with E-state index in [1.807, 2.05) is 16.3 Å². The van der Waals surface area contributed by atoms with Crippen LogP contribution in [0.3, 0.4) is 0 Å². The monoisotopic (exact) mass is 483 g/mol. The molecule has 192 valence electrons. The Bertz CT molecular complexity index is 531. The average molecular weight is 483 g/mol. The third kappa shape index (κ3) is 19.0. The maximum atomic E-state index is 10.7. The van der Waals surface area contributed by atoms with Crippen molar-refractivity contribution in [3.8, 4) is 0 Å². The van der Waals surface area contributed by atoms with Gasteiger partial charge in [0.2, 0.25) is 37.0 Å². The number of hydrogen-bond acceptors (Lipinski definition) is 12. The van der Waals surface area contributed by atoms with Crippen molar-refractivity contribution >= 4 is 37.0 Å². The summed E-state index contributed by atoms with van der Waals surface area (Å²) in [7, 11) is 0. The molecule has 33 heavy (non-hydrogen) atoms. The van der Waals surface area contributed by atoms with Crippen LogP contribution in [0.1, 0.15) is 20.8 Å². The molecule has 12 N–H and O–H groups in total. The summed E-state index contributed by atoms with van der Waals surface area (Å²) in [5.41, 5.74) is 5.70. The maximum absolute atomic E-state index is 10.7. The third-order valence-corrected chi connectivity index (χ3v) is 3.52. The molecule has 1 unspecified atom stereocenters. The highest BCUT2D eigenvalue weighted by atomic mass is 16.5. The van der Waals surface area contributed by atoms with Crippen LogP contribution < -0.4 is 33.8 Å². The molecule has 3 atom stereocenters. The predicted molar refractivity (Wildman–Crippen MR) is 108 cm³/mol. The van der Waals surface area contributed by atoms with E-state index in [0.717, 1.165) is 0 Å². The fourth-order valence-electron chi connectivity index (χ4n) is 1.65. The zero-order valence-electron chi connectivity index (χ0n) is 18.5. The van der Waals surface area contributed by atoms with E-state index in [0.29, 0.717) is 15.2 Å². The minimum Gasteiger partial charge on any atom is -0.294 e. The summed E-state index contributed by atoms with van der Waals surface area (Å²) in [5.74, 6) is 11.6. The van der Waals surface area contributed by atoms with Crippen molar-refractivity contribution in [1.82, 2.24) is 31.5 Å². The summed E-state index contributed by atoms with van der Waals surface area (Å²) in [5, 5.41) is 27.0. The highest BCUT2D eigenvalue weighted by molar-refractivity contribution is 5.78. The van der Waals surface area contributed by atoms with Crippen molar-refractivity contribution in [3.05, 3.63) is 0 Å². The second kappa shape index (κ2) is 20.5. The molecule has 0 saturated heterocycles. The Kier molecular flexibility index (Phi) is 21.2. The van der Waals surface area contributed by atoms with E-state index in [1.165, 1.54) is 20.8 Å². The highest BCUT2D eigenvalue weighted by Crippen LogP contribution is 1.96. The minimum atomic E-state index is -0.518. The Balaban J connectivity index is -0.000000409. The van der Waals surface area contributed by atoms with Gasteiger partial charge in [-0.15, -0.1) is 0 Å². The fourth-order valence-corrected chi connectivity index (χ4v) is 1.65. The first-order valence-corrected chi connectivity index (χ1v) is 9.08. The van der Waals surface area contributed by atoms with E-state index >= 15 is 0 Å². The smallest absolute Gasteiger partial charge is 0.238 e. The van der Waals surface area contributed by atoms with Gasteiger partial charge in [0, 0.05) is 0 Å². The quantitative estimate of drug-likeness (QED) is 0.0416. The molecular formula is C15H33N9O9.